The van der Waals surface area contributed by atoms with E-state index >= 15 is 0 Å². The second-order valence-electron chi connectivity index (χ2n) is 6.83. The zero-order valence-electron chi connectivity index (χ0n) is 13.9. The molecule has 134 valence electrons. The fourth-order valence-electron chi connectivity index (χ4n) is 3.98. The van der Waals surface area contributed by atoms with Crippen LogP contribution < -0.4 is 16.0 Å². The number of nitrogens with zero attached hydrogens (tertiary/aromatic N) is 4. The Morgan fingerprint density at radius 1 is 1.52 bits per heavy atom. The first-order chi connectivity index (χ1) is 12.0. The molecule has 0 radical (unpaired) electrons. The van der Waals surface area contributed by atoms with Crippen LogP contribution in [0.4, 0.5) is 16.4 Å². The van der Waals surface area contributed by atoms with E-state index in [-0.39, 0.29) is 17.6 Å². The van der Waals surface area contributed by atoms with E-state index in [1.165, 1.54) is 0 Å². The van der Waals surface area contributed by atoms with Crippen LogP contribution in [0.15, 0.2) is 6.20 Å². The number of aromatic nitrogens is 4. The first-order valence-electron chi connectivity index (χ1n) is 8.31. The molecule has 2 aromatic rings. The molecular formula is C15H21N7O3. The summed E-state index contributed by atoms with van der Waals surface area (Å²) >= 11 is 0. The highest BCUT2D eigenvalue weighted by Crippen LogP contribution is 2.42. The molecule has 2 atom stereocenters. The van der Waals surface area contributed by atoms with Crippen molar-refractivity contribution in [2.45, 2.75) is 31.9 Å². The minimum Gasteiger partial charge on any atom is -0.465 e. The molecule has 10 heteroatoms. The Labute approximate surface area is 143 Å². The molecule has 0 saturated carbocycles. The van der Waals surface area contributed by atoms with Gasteiger partial charge in [0.05, 0.1) is 24.9 Å². The summed E-state index contributed by atoms with van der Waals surface area (Å²) in [6, 6.07) is -0.187. The predicted octanol–water partition coefficient (Wildman–Crippen LogP) is 0.577. The number of H-pyrrole nitrogens is 1. The average Bonchev–Trinajstić information content (AvgIpc) is 3.11. The van der Waals surface area contributed by atoms with Gasteiger partial charge in [0.1, 0.15) is 5.82 Å². The second kappa shape index (κ2) is 5.73. The highest BCUT2D eigenvalue weighted by molar-refractivity contribution is 5.82. The van der Waals surface area contributed by atoms with E-state index < -0.39 is 6.09 Å². The highest BCUT2D eigenvalue weighted by Gasteiger charge is 2.50. The van der Waals surface area contributed by atoms with Crippen molar-refractivity contribution in [2.75, 3.05) is 30.3 Å². The fraction of sp³-hybridized carbons (Fsp3) is 0.600. The van der Waals surface area contributed by atoms with Crippen LogP contribution in [-0.2, 0) is 4.74 Å². The van der Waals surface area contributed by atoms with E-state index in [9.17, 15) is 4.79 Å². The van der Waals surface area contributed by atoms with Crippen molar-refractivity contribution in [2.24, 2.45) is 5.41 Å². The van der Waals surface area contributed by atoms with Gasteiger partial charge in [-0.05, 0) is 19.8 Å². The topological polar surface area (TPSA) is 142 Å². The van der Waals surface area contributed by atoms with E-state index in [1.54, 1.807) is 6.20 Å². The smallest absolute Gasteiger partial charge is 0.404 e. The van der Waals surface area contributed by atoms with E-state index in [1.807, 2.05) is 6.92 Å². The van der Waals surface area contributed by atoms with Crippen LogP contribution in [0.1, 0.15) is 19.8 Å². The normalized spacial score (nSPS) is 25.6. The van der Waals surface area contributed by atoms with Crippen molar-refractivity contribution in [1.82, 2.24) is 25.5 Å². The third kappa shape index (κ3) is 2.62. The molecule has 4 rings (SSSR count). The minimum absolute atomic E-state index is 0.119. The highest BCUT2D eigenvalue weighted by atomic mass is 16.5. The zero-order valence-corrected chi connectivity index (χ0v) is 13.9. The molecule has 0 unspecified atom stereocenters. The molecular weight excluding hydrogens is 326 g/mol. The van der Waals surface area contributed by atoms with Crippen molar-refractivity contribution in [3.63, 3.8) is 0 Å². The van der Waals surface area contributed by atoms with E-state index in [0.29, 0.717) is 23.6 Å². The van der Waals surface area contributed by atoms with Crippen LogP contribution in [0.2, 0.25) is 0 Å². The molecule has 25 heavy (non-hydrogen) atoms. The van der Waals surface area contributed by atoms with Gasteiger partial charge in [0.2, 0.25) is 0 Å². The molecule has 1 amide bonds. The number of hydrogen-bond donors (Lipinski definition) is 4. The van der Waals surface area contributed by atoms with Crippen molar-refractivity contribution in [1.29, 1.82) is 0 Å². The summed E-state index contributed by atoms with van der Waals surface area (Å²) in [6.07, 6.45) is 2.23. The van der Waals surface area contributed by atoms with Crippen LogP contribution in [0.3, 0.4) is 0 Å². The molecule has 2 aromatic heterocycles. The molecule has 2 fully saturated rings. The van der Waals surface area contributed by atoms with Gasteiger partial charge in [-0.15, -0.1) is 0 Å². The molecule has 2 aliphatic heterocycles. The maximum Gasteiger partial charge on any atom is 0.404 e. The Hall–Kier alpha value is -2.62. The monoisotopic (exact) mass is 347 g/mol. The molecule has 0 aliphatic carbocycles. The third-order valence-corrected chi connectivity index (χ3v) is 5.41. The van der Waals surface area contributed by atoms with Gasteiger partial charge in [-0.3, -0.25) is 5.10 Å². The van der Waals surface area contributed by atoms with Crippen LogP contribution >= 0.6 is 0 Å². The molecule has 2 saturated heterocycles. The summed E-state index contributed by atoms with van der Waals surface area (Å²) in [5.41, 5.74) is 6.70. The molecule has 5 N–H and O–H groups in total. The number of fused-ring (bicyclic) bond motifs is 1. The van der Waals surface area contributed by atoms with Gasteiger partial charge < -0.3 is 25.8 Å². The maximum atomic E-state index is 11.1. The minimum atomic E-state index is -1.00. The van der Waals surface area contributed by atoms with Crippen LogP contribution in [0.5, 0.6) is 0 Å². The predicted molar refractivity (Wildman–Crippen MR) is 90.3 cm³/mol. The number of piperidine rings is 1. The van der Waals surface area contributed by atoms with Crippen LogP contribution in [-0.4, -0.2) is 63.2 Å². The average molecular weight is 347 g/mol. The number of hydrogen-bond acceptors (Lipinski definition) is 7. The number of ether oxygens (including phenoxy) is 1. The quantitative estimate of drug-likeness (QED) is 0.618. The number of anilines is 2. The van der Waals surface area contributed by atoms with Crippen molar-refractivity contribution in [3.05, 3.63) is 6.20 Å². The molecule has 0 aromatic carbocycles. The Kier molecular flexibility index (Phi) is 3.64. The standard InChI is InChI=1S/C15H21N7O3/c1-8-11(19-14(23)24)15(7-25-8)2-4-22(5-3-15)9-6-17-10-12(16)20-21-13(10)18-9/h6,8,11,19H,2-5,7H2,1H3,(H,23,24)(H3,16,18,20,21)/t8-,11+/m0/s1. The Morgan fingerprint density at radius 3 is 3.00 bits per heavy atom. The van der Waals surface area contributed by atoms with Gasteiger partial charge >= 0.3 is 6.09 Å². The lowest BCUT2D eigenvalue weighted by atomic mass is 9.73. The lowest BCUT2D eigenvalue weighted by molar-refractivity contribution is 0.0970. The van der Waals surface area contributed by atoms with Crippen LogP contribution in [0.25, 0.3) is 11.2 Å². The summed E-state index contributed by atoms with van der Waals surface area (Å²) in [5.74, 6) is 1.10. The van der Waals surface area contributed by atoms with Gasteiger partial charge in [0, 0.05) is 18.5 Å². The van der Waals surface area contributed by atoms with E-state index in [4.69, 9.17) is 15.6 Å². The van der Waals surface area contributed by atoms with E-state index in [2.05, 4.69) is 30.4 Å². The Bertz CT molecular complexity index is 800. The molecule has 0 bridgehead atoms. The summed E-state index contributed by atoms with van der Waals surface area (Å²) in [4.78, 5) is 22.1. The van der Waals surface area contributed by atoms with E-state index in [0.717, 1.165) is 31.7 Å². The number of carboxylic acid groups (broad SMARTS) is 1. The molecule has 10 nitrogen and oxygen atoms in total. The maximum absolute atomic E-state index is 11.1. The van der Waals surface area contributed by atoms with Crippen molar-refractivity contribution < 1.29 is 14.6 Å². The Balaban J connectivity index is 1.51. The molecule has 2 aliphatic rings. The third-order valence-electron chi connectivity index (χ3n) is 5.41. The summed E-state index contributed by atoms with van der Waals surface area (Å²) in [6.45, 7) is 4.02. The Morgan fingerprint density at radius 2 is 2.28 bits per heavy atom. The largest absolute Gasteiger partial charge is 0.465 e. The van der Waals surface area contributed by atoms with Crippen molar-refractivity contribution in [3.8, 4) is 0 Å². The zero-order chi connectivity index (χ0) is 17.6. The number of nitrogens with one attached hydrogen (secondary N) is 2. The van der Waals surface area contributed by atoms with Crippen molar-refractivity contribution >= 4 is 28.9 Å². The van der Waals surface area contributed by atoms with Gasteiger partial charge in [-0.2, -0.15) is 5.10 Å². The first-order valence-corrected chi connectivity index (χ1v) is 8.31. The summed E-state index contributed by atoms with van der Waals surface area (Å²) < 4.78 is 5.76. The SMILES string of the molecule is C[C@@H]1OCC2(CCN(c3cnc4c(N)n[nH]c4n3)CC2)[C@@H]1NC(=O)O. The van der Waals surface area contributed by atoms with Gasteiger partial charge in [-0.25, -0.2) is 14.8 Å². The number of aromatic amines is 1. The number of amides is 1. The number of nitrogen functional groups attached to an aromatic ring is 1. The first kappa shape index (κ1) is 15.9. The summed E-state index contributed by atoms with van der Waals surface area (Å²) in [7, 11) is 0. The lowest BCUT2D eigenvalue weighted by Gasteiger charge is -2.42. The number of carbonyl (C=O) groups is 1. The summed E-state index contributed by atoms with van der Waals surface area (Å²) in [5, 5.41) is 18.5. The van der Waals surface area contributed by atoms with Crippen LogP contribution in [0, 0.1) is 5.41 Å². The second-order valence-corrected chi connectivity index (χ2v) is 6.83. The number of rotatable bonds is 2. The molecule has 1 spiro atoms. The lowest BCUT2D eigenvalue weighted by Crippen LogP contribution is -2.54. The van der Waals surface area contributed by atoms with Gasteiger partial charge in [0.15, 0.2) is 17.0 Å². The van der Waals surface area contributed by atoms with Gasteiger partial charge in [-0.1, -0.05) is 0 Å². The van der Waals surface area contributed by atoms with Gasteiger partial charge in [0.25, 0.3) is 0 Å². The molecule has 4 heterocycles. The number of nitrogens with two attached hydrogens (primary N) is 1. The fourth-order valence-corrected chi connectivity index (χ4v) is 3.98.